The molecule has 0 fully saturated rings. The third-order valence-electron chi connectivity index (χ3n) is 12.7. The maximum Gasteiger partial charge on any atom is 0.0931 e. The van der Waals surface area contributed by atoms with E-state index in [4.69, 9.17) is 19.3 Å². The van der Waals surface area contributed by atoms with Crippen LogP contribution < -0.4 is 5.32 Å². The molecule has 0 rings (SSSR count). The number of ether oxygens (including phenoxy) is 3. The molecule has 0 aliphatic heterocycles. The van der Waals surface area contributed by atoms with E-state index in [-0.39, 0.29) is 21.1 Å². The van der Waals surface area contributed by atoms with Crippen molar-refractivity contribution in [1.82, 2.24) is 10.2 Å². The highest BCUT2D eigenvalue weighted by atomic mass is 16.5. The van der Waals surface area contributed by atoms with E-state index in [2.05, 4.69) is 64.8 Å². The second-order valence-corrected chi connectivity index (χ2v) is 18.8. The van der Waals surface area contributed by atoms with Crippen LogP contribution in [0.5, 0.6) is 0 Å². The molecule has 0 bridgehead atoms. The third-order valence-corrected chi connectivity index (χ3v) is 12.7. The fourth-order valence-electron chi connectivity index (χ4n) is 8.62. The lowest BCUT2D eigenvalue weighted by atomic mass is 9.92. The fraction of sp³-hybridized carbons (Fsp3) is 0.964. The van der Waals surface area contributed by atoms with Crippen molar-refractivity contribution in [1.29, 1.82) is 0 Å². The first-order valence-corrected chi connectivity index (χ1v) is 27.3. The molecule has 0 saturated heterocycles. The number of allylic oxidation sites excluding steroid dienone is 2. The van der Waals surface area contributed by atoms with Crippen LogP contribution in [0.4, 0.5) is 0 Å². The average molecular weight is 904 g/mol. The molecule has 0 heterocycles. The number of unbranched alkanes of at least 4 members (excludes halogenated alkanes) is 17. The van der Waals surface area contributed by atoms with E-state index < -0.39 is 0 Å². The first-order chi connectivity index (χ1) is 29.9. The van der Waals surface area contributed by atoms with Crippen molar-refractivity contribution in [2.24, 2.45) is 17.8 Å². The molecule has 1 atom stereocenters. The van der Waals surface area contributed by atoms with Crippen LogP contribution in [0.2, 0.25) is 0 Å². The molecule has 0 amide bonds. The van der Waals surface area contributed by atoms with Gasteiger partial charge in [-0.1, -0.05) is 203 Å². The van der Waals surface area contributed by atoms with Crippen molar-refractivity contribution in [2.45, 2.75) is 268 Å². The molecule has 7 nitrogen and oxygen atoms in total. The summed E-state index contributed by atoms with van der Waals surface area (Å²) >= 11 is 0. The van der Waals surface area contributed by atoms with Gasteiger partial charge in [0, 0.05) is 34.8 Å². The molecule has 0 aromatic heterocycles. The van der Waals surface area contributed by atoms with Crippen molar-refractivity contribution in [3.8, 4) is 0 Å². The Hall–Kier alpha value is -0.700. The summed E-state index contributed by atoms with van der Waals surface area (Å²) in [5.41, 5.74) is 0. The maximum absolute atomic E-state index is 9.14. The lowest BCUT2D eigenvalue weighted by Crippen LogP contribution is -2.29. The summed E-state index contributed by atoms with van der Waals surface area (Å²) in [6.07, 6.45) is 46.0. The Morgan fingerprint density at radius 3 is 1.44 bits per heavy atom. The second-order valence-electron chi connectivity index (χ2n) is 18.8. The van der Waals surface area contributed by atoms with Gasteiger partial charge in [-0.25, -0.2) is 0 Å². The zero-order valence-corrected chi connectivity index (χ0v) is 43.6. The summed E-state index contributed by atoms with van der Waals surface area (Å²) in [4.78, 5) is 2.70. The Morgan fingerprint density at radius 1 is 0.556 bits per heavy atom. The predicted octanol–water partition coefficient (Wildman–Crippen LogP) is 16.3. The number of nitrogens with one attached hydrogen (secondary N) is 1. The number of aliphatic hydroxyl groups excluding tert-OH is 1. The van der Waals surface area contributed by atoms with Crippen molar-refractivity contribution in [2.75, 3.05) is 66.4 Å². The SMILES string of the molecule is C.C/C=C(\CCCCCCCN(CCCCCCCCC(C)COCCC(CCCCC)CCCCC)CCCNCO)OCCC(CCCCC)CCCCC.CCCOC.O.[HH]. The maximum atomic E-state index is 9.14. The van der Waals surface area contributed by atoms with Gasteiger partial charge in [-0.05, 0) is 108 Å². The summed E-state index contributed by atoms with van der Waals surface area (Å²) < 4.78 is 17.2. The minimum atomic E-state index is 0. The molecule has 386 valence electrons. The minimum Gasteiger partial charge on any atom is -0.498 e. The van der Waals surface area contributed by atoms with E-state index in [0.717, 1.165) is 70.6 Å². The van der Waals surface area contributed by atoms with Crippen molar-refractivity contribution < 1.29 is 26.2 Å². The quantitative estimate of drug-likeness (QED) is 0.0359. The fourth-order valence-corrected chi connectivity index (χ4v) is 8.62. The van der Waals surface area contributed by atoms with Gasteiger partial charge >= 0.3 is 0 Å². The summed E-state index contributed by atoms with van der Waals surface area (Å²) in [7, 11) is 1.71. The molecule has 0 aromatic rings. The van der Waals surface area contributed by atoms with Crippen LogP contribution in [0, 0.1) is 17.8 Å². The minimum absolute atomic E-state index is 0. The van der Waals surface area contributed by atoms with Gasteiger partial charge in [0.2, 0.25) is 0 Å². The van der Waals surface area contributed by atoms with Crippen LogP contribution in [0.25, 0.3) is 0 Å². The van der Waals surface area contributed by atoms with Gasteiger partial charge in [0.1, 0.15) is 0 Å². The molecule has 7 heteroatoms. The van der Waals surface area contributed by atoms with Crippen molar-refractivity contribution >= 4 is 0 Å². The summed E-state index contributed by atoms with van der Waals surface area (Å²) in [6.45, 7) is 24.2. The Morgan fingerprint density at radius 2 is 1.00 bits per heavy atom. The number of nitrogens with zero attached hydrogens (tertiary/aromatic N) is 1. The predicted molar refractivity (Wildman–Crippen MR) is 283 cm³/mol. The molecule has 0 saturated carbocycles. The summed E-state index contributed by atoms with van der Waals surface area (Å²) in [5, 5.41) is 12.2. The van der Waals surface area contributed by atoms with Gasteiger partial charge < -0.3 is 29.7 Å². The standard InChI is InChI=1S/C51H104N2O3.C4H10O.CH4.H2O.H2/c1-7-12-23-33-49(34-24-13-8-2)38-44-55-46-48(6)32-27-19-16-17-21-29-41-53(43-31-40-52-47-54)42-30-22-18-20-28-37-51(11-5)56-45-39-50(35-25-14-9-3)36-26-15-10-4;1-3-4-5-2;;;/h11,48-50,52,54H,7-10,12-47H2,1-6H3;3-4H2,1-2H3;1H4;1H2;1H/b51-11+;;;;. The van der Waals surface area contributed by atoms with Crippen LogP contribution in [0.1, 0.15) is 269 Å². The van der Waals surface area contributed by atoms with E-state index in [9.17, 15) is 0 Å². The van der Waals surface area contributed by atoms with Crippen molar-refractivity contribution in [3.63, 3.8) is 0 Å². The lowest BCUT2D eigenvalue weighted by molar-refractivity contribution is 0.0875. The van der Waals surface area contributed by atoms with Gasteiger partial charge in [0.05, 0.1) is 19.1 Å². The van der Waals surface area contributed by atoms with Crippen LogP contribution in [-0.4, -0.2) is 81.9 Å². The molecule has 63 heavy (non-hydrogen) atoms. The number of hydrogen-bond donors (Lipinski definition) is 2. The number of methoxy groups -OCH3 is 1. The Balaban J connectivity index is -0.00000137. The van der Waals surface area contributed by atoms with E-state index in [1.807, 2.05) is 0 Å². The lowest BCUT2D eigenvalue weighted by Gasteiger charge is -2.22. The van der Waals surface area contributed by atoms with Gasteiger partial charge in [-0.2, -0.15) is 0 Å². The van der Waals surface area contributed by atoms with Crippen LogP contribution in [0.3, 0.4) is 0 Å². The van der Waals surface area contributed by atoms with E-state index in [0.29, 0.717) is 5.92 Å². The molecular weight excluding hydrogens is 781 g/mol. The van der Waals surface area contributed by atoms with Gasteiger partial charge in [0.25, 0.3) is 0 Å². The van der Waals surface area contributed by atoms with E-state index in [1.165, 1.54) is 211 Å². The normalized spacial score (nSPS) is 12.1. The molecule has 0 aromatic carbocycles. The zero-order valence-electron chi connectivity index (χ0n) is 43.6. The summed E-state index contributed by atoms with van der Waals surface area (Å²) in [6, 6.07) is 0. The Labute approximate surface area is 399 Å². The second kappa shape index (κ2) is 59.3. The smallest absolute Gasteiger partial charge is 0.0931 e. The molecule has 0 radical (unpaired) electrons. The number of aliphatic hydroxyl groups is 1. The molecule has 0 spiro atoms. The molecular formula is C56H122N2O5. The van der Waals surface area contributed by atoms with Crippen LogP contribution in [0.15, 0.2) is 11.8 Å². The number of rotatable bonds is 49. The zero-order chi connectivity index (χ0) is 45.1. The Kier molecular flexibility index (Phi) is 64.8. The highest BCUT2D eigenvalue weighted by Gasteiger charge is 2.12. The topological polar surface area (TPSA) is 94.7 Å². The molecule has 4 N–H and O–H groups in total. The third kappa shape index (κ3) is 53.8. The van der Waals surface area contributed by atoms with Gasteiger partial charge in [-0.3, -0.25) is 5.32 Å². The highest BCUT2D eigenvalue weighted by molar-refractivity contribution is 4.90. The molecule has 1 unspecified atom stereocenters. The van der Waals surface area contributed by atoms with E-state index >= 15 is 0 Å². The van der Waals surface area contributed by atoms with E-state index in [1.54, 1.807) is 7.11 Å². The van der Waals surface area contributed by atoms with Gasteiger partial charge in [-0.15, -0.1) is 0 Å². The first kappa shape index (κ1) is 68.9. The largest absolute Gasteiger partial charge is 0.498 e. The first-order valence-electron chi connectivity index (χ1n) is 27.3. The average Bonchev–Trinajstić information content (AvgIpc) is 3.26. The Bertz CT molecular complexity index is 815. The van der Waals surface area contributed by atoms with Crippen LogP contribution in [-0.2, 0) is 14.2 Å². The van der Waals surface area contributed by atoms with Crippen LogP contribution >= 0.6 is 0 Å². The molecule has 0 aliphatic carbocycles. The highest BCUT2D eigenvalue weighted by Crippen LogP contribution is 2.23. The van der Waals surface area contributed by atoms with Crippen molar-refractivity contribution in [3.05, 3.63) is 11.8 Å². The monoisotopic (exact) mass is 903 g/mol. The molecule has 0 aliphatic rings. The number of hydrogen-bond acceptors (Lipinski definition) is 6. The summed E-state index contributed by atoms with van der Waals surface area (Å²) in [5.74, 6) is 3.64. The van der Waals surface area contributed by atoms with Gasteiger partial charge in [0.15, 0.2) is 0 Å².